The number of carbonyl (C=O) groups is 3. The Balaban J connectivity index is 4.27. The van der Waals surface area contributed by atoms with Gasteiger partial charge in [0.05, 0.1) is 0 Å². The molecule has 0 aromatic heterocycles. The number of esters is 3. The van der Waals surface area contributed by atoms with Crippen LogP contribution in [0.25, 0.3) is 0 Å². The zero-order valence-corrected chi connectivity index (χ0v) is 46.7. The molecule has 0 radical (unpaired) electrons. The van der Waals surface area contributed by atoms with Crippen molar-refractivity contribution in [1.82, 2.24) is 0 Å². The second-order valence-corrected chi connectivity index (χ2v) is 22.1. The number of rotatable bonds is 56. The van der Waals surface area contributed by atoms with Crippen molar-refractivity contribution in [2.75, 3.05) is 13.2 Å². The third kappa shape index (κ3) is 53.8. The third-order valence-electron chi connectivity index (χ3n) is 14.6. The molecule has 6 heteroatoms. The Kier molecular flexibility index (Phi) is 53.5. The van der Waals surface area contributed by atoms with E-state index in [2.05, 4.69) is 34.6 Å². The predicted molar refractivity (Wildman–Crippen MR) is 293 cm³/mol. The number of unbranched alkanes of at least 4 members (excludes halogenated alkanes) is 40. The summed E-state index contributed by atoms with van der Waals surface area (Å²) in [5.74, 6) is 0.893. The van der Waals surface area contributed by atoms with Crippen LogP contribution in [-0.2, 0) is 28.6 Å². The van der Waals surface area contributed by atoms with Gasteiger partial charge in [0, 0.05) is 19.3 Å². The average molecular weight is 962 g/mol. The molecular weight excluding hydrogens is 841 g/mol. The van der Waals surface area contributed by atoms with Gasteiger partial charge in [-0.05, 0) is 31.1 Å². The SMILES string of the molecule is CCCCCCCCCCCCCCCCCC(=O)OC[C@H](COC(=O)CCCCCCCCCCCCC(C)CC)OC(=O)CCCCCCCCCCCCCCCCCCCCC(C)C. The van der Waals surface area contributed by atoms with Gasteiger partial charge in [-0.2, -0.15) is 0 Å². The molecule has 0 fully saturated rings. The molecule has 0 aliphatic carbocycles. The molecule has 0 aromatic carbocycles. The Bertz CT molecular complexity index is 1040. The van der Waals surface area contributed by atoms with Crippen LogP contribution in [0.2, 0.25) is 0 Å². The van der Waals surface area contributed by atoms with E-state index < -0.39 is 6.10 Å². The summed E-state index contributed by atoms with van der Waals surface area (Å²) in [6.07, 6.45) is 59.5. The molecule has 1 unspecified atom stereocenters. The molecule has 0 spiro atoms. The van der Waals surface area contributed by atoms with Gasteiger partial charge in [-0.25, -0.2) is 0 Å². The van der Waals surface area contributed by atoms with Gasteiger partial charge in [0.1, 0.15) is 13.2 Å². The number of hydrogen-bond acceptors (Lipinski definition) is 6. The molecule has 2 atom stereocenters. The molecule has 0 N–H and O–H groups in total. The largest absolute Gasteiger partial charge is 0.462 e. The Morgan fingerprint density at radius 2 is 0.559 bits per heavy atom. The van der Waals surface area contributed by atoms with E-state index in [0.29, 0.717) is 19.3 Å². The summed E-state index contributed by atoms with van der Waals surface area (Å²) in [5.41, 5.74) is 0. The first-order valence-electron chi connectivity index (χ1n) is 30.8. The molecule has 6 nitrogen and oxygen atoms in total. The van der Waals surface area contributed by atoms with Gasteiger partial charge in [0.25, 0.3) is 0 Å². The minimum Gasteiger partial charge on any atom is -0.462 e. The Labute approximate surface area is 425 Å². The van der Waals surface area contributed by atoms with E-state index in [-0.39, 0.29) is 31.1 Å². The first-order chi connectivity index (χ1) is 33.3. The Morgan fingerprint density at radius 3 is 0.838 bits per heavy atom. The average Bonchev–Trinajstić information content (AvgIpc) is 3.32. The monoisotopic (exact) mass is 961 g/mol. The highest BCUT2D eigenvalue weighted by Crippen LogP contribution is 2.19. The number of hydrogen-bond donors (Lipinski definition) is 0. The van der Waals surface area contributed by atoms with E-state index in [4.69, 9.17) is 14.2 Å². The van der Waals surface area contributed by atoms with Crippen molar-refractivity contribution in [3.05, 3.63) is 0 Å². The van der Waals surface area contributed by atoms with Gasteiger partial charge in [0.15, 0.2) is 6.10 Å². The van der Waals surface area contributed by atoms with Crippen LogP contribution in [-0.4, -0.2) is 37.2 Å². The maximum absolute atomic E-state index is 12.9. The van der Waals surface area contributed by atoms with Crippen molar-refractivity contribution in [2.45, 2.75) is 355 Å². The topological polar surface area (TPSA) is 78.9 Å². The van der Waals surface area contributed by atoms with Gasteiger partial charge in [-0.1, -0.05) is 311 Å². The molecule has 0 amide bonds. The zero-order chi connectivity index (χ0) is 49.6. The highest BCUT2D eigenvalue weighted by Gasteiger charge is 2.19. The molecular formula is C62H120O6. The maximum atomic E-state index is 12.9. The van der Waals surface area contributed by atoms with Crippen molar-refractivity contribution < 1.29 is 28.6 Å². The van der Waals surface area contributed by atoms with Crippen LogP contribution in [0.4, 0.5) is 0 Å². The van der Waals surface area contributed by atoms with E-state index in [1.54, 1.807) is 0 Å². The highest BCUT2D eigenvalue weighted by molar-refractivity contribution is 5.71. The molecule has 0 saturated heterocycles. The van der Waals surface area contributed by atoms with E-state index in [9.17, 15) is 14.4 Å². The standard InChI is InChI=1S/C62H120O6/c1-6-8-9-10-11-12-13-14-19-23-26-32-37-42-47-52-60(63)66-55-59(56-67-61(64)53-48-43-38-33-29-28-31-36-41-46-51-58(5)7-2)68-62(65)54-49-44-39-34-27-24-21-18-16-15-17-20-22-25-30-35-40-45-50-57(3)4/h57-59H,6-56H2,1-5H3/t58?,59-/m1/s1. The summed E-state index contributed by atoms with van der Waals surface area (Å²) in [6, 6.07) is 0. The smallest absolute Gasteiger partial charge is 0.306 e. The lowest BCUT2D eigenvalue weighted by atomic mass is 9.99. The van der Waals surface area contributed by atoms with Crippen molar-refractivity contribution in [3.63, 3.8) is 0 Å². The minimum atomic E-state index is -0.763. The Morgan fingerprint density at radius 1 is 0.309 bits per heavy atom. The first-order valence-corrected chi connectivity index (χ1v) is 30.8. The van der Waals surface area contributed by atoms with E-state index in [1.165, 1.54) is 238 Å². The van der Waals surface area contributed by atoms with Gasteiger partial charge < -0.3 is 14.2 Å². The van der Waals surface area contributed by atoms with Crippen molar-refractivity contribution in [2.24, 2.45) is 11.8 Å². The van der Waals surface area contributed by atoms with Crippen molar-refractivity contribution in [3.8, 4) is 0 Å². The second kappa shape index (κ2) is 54.7. The van der Waals surface area contributed by atoms with Crippen LogP contribution in [0.5, 0.6) is 0 Å². The van der Waals surface area contributed by atoms with Gasteiger partial charge in [-0.3, -0.25) is 14.4 Å². The quantitative estimate of drug-likeness (QED) is 0.0343. The van der Waals surface area contributed by atoms with Crippen LogP contribution in [0.3, 0.4) is 0 Å². The molecule has 0 aromatic rings. The van der Waals surface area contributed by atoms with E-state index >= 15 is 0 Å². The van der Waals surface area contributed by atoms with Gasteiger partial charge in [0.2, 0.25) is 0 Å². The van der Waals surface area contributed by atoms with Gasteiger partial charge >= 0.3 is 17.9 Å². The summed E-state index contributed by atoms with van der Waals surface area (Å²) in [7, 11) is 0. The minimum absolute atomic E-state index is 0.0623. The number of ether oxygens (including phenoxy) is 3. The fourth-order valence-electron chi connectivity index (χ4n) is 9.55. The lowest BCUT2D eigenvalue weighted by Gasteiger charge is -2.18. The summed E-state index contributed by atoms with van der Waals surface area (Å²) >= 11 is 0. The maximum Gasteiger partial charge on any atom is 0.306 e. The third-order valence-corrected chi connectivity index (χ3v) is 14.6. The van der Waals surface area contributed by atoms with Crippen LogP contribution >= 0.6 is 0 Å². The molecule has 0 aliphatic heterocycles. The van der Waals surface area contributed by atoms with Crippen molar-refractivity contribution in [1.29, 1.82) is 0 Å². The van der Waals surface area contributed by atoms with Crippen molar-refractivity contribution >= 4 is 17.9 Å². The molecule has 404 valence electrons. The molecule has 0 bridgehead atoms. The van der Waals surface area contributed by atoms with Gasteiger partial charge in [-0.15, -0.1) is 0 Å². The molecule has 0 heterocycles. The lowest BCUT2D eigenvalue weighted by molar-refractivity contribution is -0.167. The summed E-state index contributed by atoms with van der Waals surface area (Å²) in [5, 5.41) is 0. The fraction of sp³-hybridized carbons (Fsp3) is 0.952. The first kappa shape index (κ1) is 66.4. The molecule has 0 saturated carbocycles. The molecule has 68 heavy (non-hydrogen) atoms. The van der Waals surface area contributed by atoms with E-state index in [0.717, 1.165) is 69.6 Å². The number of carbonyl (C=O) groups excluding carboxylic acids is 3. The Hall–Kier alpha value is -1.59. The highest BCUT2D eigenvalue weighted by atomic mass is 16.6. The normalized spacial score (nSPS) is 12.4. The van der Waals surface area contributed by atoms with Crippen LogP contribution in [0, 0.1) is 11.8 Å². The van der Waals surface area contributed by atoms with Crippen LogP contribution < -0.4 is 0 Å². The van der Waals surface area contributed by atoms with Crippen LogP contribution in [0.1, 0.15) is 349 Å². The van der Waals surface area contributed by atoms with E-state index in [1.807, 2.05) is 0 Å². The summed E-state index contributed by atoms with van der Waals surface area (Å²) in [4.78, 5) is 38.2. The molecule has 0 rings (SSSR count). The fourth-order valence-corrected chi connectivity index (χ4v) is 9.55. The summed E-state index contributed by atoms with van der Waals surface area (Å²) < 4.78 is 16.9. The predicted octanol–water partition coefficient (Wildman–Crippen LogP) is 20.4. The van der Waals surface area contributed by atoms with Crippen LogP contribution in [0.15, 0.2) is 0 Å². The zero-order valence-electron chi connectivity index (χ0n) is 46.7. The summed E-state index contributed by atoms with van der Waals surface area (Å²) in [6.45, 7) is 11.5. The molecule has 0 aliphatic rings. The second-order valence-electron chi connectivity index (χ2n) is 22.1. The lowest BCUT2D eigenvalue weighted by Crippen LogP contribution is -2.30.